The molecule has 3 aromatic rings. The fraction of sp³-hybridized carbons (Fsp3) is 0.235. The van der Waals surface area contributed by atoms with E-state index < -0.39 is 6.61 Å². The molecule has 3 rings (SSSR count). The zero-order valence-corrected chi connectivity index (χ0v) is 15.1. The number of aromatic nitrogens is 2. The summed E-state index contributed by atoms with van der Waals surface area (Å²) in [6, 6.07) is 4.79. The number of alkyl halides is 2. The van der Waals surface area contributed by atoms with Crippen molar-refractivity contribution in [3.05, 3.63) is 40.5 Å². The number of thiophene rings is 1. The summed E-state index contributed by atoms with van der Waals surface area (Å²) < 4.78 is 35.0. The highest BCUT2D eigenvalue weighted by molar-refractivity contribution is 7.18. The van der Waals surface area contributed by atoms with E-state index >= 15 is 0 Å². The van der Waals surface area contributed by atoms with Gasteiger partial charge in [0.2, 0.25) is 0 Å². The largest absolute Gasteiger partial charge is 0.493 e. The van der Waals surface area contributed by atoms with Gasteiger partial charge in [0.05, 0.1) is 18.7 Å². The number of fused-ring (bicyclic) bond motifs is 1. The Labute approximate surface area is 152 Å². The van der Waals surface area contributed by atoms with Crippen LogP contribution >= 0.6 is 11.3 Å². The lowest BCUT2D eigenvalue weighted by Crippen LogP contribution is -2.06. The quantitative estimate of drug-likeness (QED) is 0.510. The summed E-state index contributed by atoms with van der Waals surface area (Å²) in [6.45, 7) is 1.03. The molecule has 0 amide bonds. The Kier molecular flexibility index (Phi) is 5.27. The van der Waals surface area contributed by atoms with Crippen molar-refractivity contribution in [2.45, 2.75) is 20.5 Å². The second-order valence-electron chi connectivity index (χ2n) is 5.31. The number of hydrogen-bond donors (Lipinski definition) is 1. The second kappa shape index (κ2) is 7.61. The number of nitrogens with zero attached hydrogens (tertiary/aromatic N) is 3. The van der Waals surface area contributed by atoms with Gasteiger partial charge in [0.25, 0.3) is 0 Å². The van der Waals surface area contributed by atoms with Crippen LogP contribution in [0, 0.1) is 13.8 Å². The molecule has 0 aliphatic heterocycles. The van der Waals surface area contributed by atoms with Gasteiger partial charge in [0.15, 0.2) is 17.3 Å². The molecule has 0 aliphatic rings. The third-order valence-electron chi connectivity index (χ3n) is 3.78. The average molecular weight is 378 g/mol. The Morgan fingerprint density at radius 3 is 2.81 bits per heavy atom. The summed E-state index contributed by atoms with van der Waals surface area (Å²) >= 11 is 1.57. The monoisotopic (exact) mass is 378 g/mol. The molecular formula is C17H16F2N4O2S. The molecule has 0 bridgehead atoms. The molecular weight excluding hydrogens is 362 g/mol. The minimum absolute atomic E-state index is 0.0778. The lowest BCUT2D eigenvalue weighted by Gasteiger charge is -2.12. The van der Waals surface area contributed by atoms with Gasteiger partial charge in [-0.05, 0) is 31.5 Å². The summed E-state index contributed by atoms with van der Waals surface area (Å²) in [5.41, 5.74) is 4.27. The number of methoxy groups -OCH3 is 1. The fourth-order valence-electron chi connectivity index (χ4n) is 2.44. The number of rotatable bonds is 6. The number of hydrogen-bond acceptors (Lipinski definition) is 7. The maximum atomic E-state index is 12.7. The normalized spacial score (nSPS) is 11.5. The van der Waals surface area contributed by atoms with Crippen LogP contribution in [0.1, 0.15) is 16.0 Å². The number of nitrogens with one attached hydrogen (secondary N) is 1. The molecule has 2 aromatic heterocycles. The summed E-state index contributed by atoms with van der Waals surface area (Å²) in [5, 5.41) is 5.01. The zero-order chi connectivity index (χ0) is 18.7. The second-order valence-corrected chi connectivity index (χ2v) is 6.52. The van der Waals surface area contributed by atoms with E-state index in [1.807, 2.05) is 13.8 Å². The minimum atomic E-state index is -2.97. The summed E-state index contributed by atoms with van der Waals surface area (Å²) in [7, 11) is 1.38. The van der Waals surface area contributed by atoms with Gasteiger partial charge >= 0.3 is 6.61 Å². The van der Waals surface area contributed by atoms with Crippen molar-refractivity contribution in [2.75, 3.05) is 12.5 Å². The summed E-state index contributed by atoms with van der Waals surface area (Å²) in [5.74, 6) is 0.668. The Morgan fingerprint density at radius 1 is 1.27 bits per heavy atom. The minimum Gasteiger partial charge on any atom is -0.493 e. The first-order valence-corrected chi connectivity index (χ1v) is 8.44. The highest BCUT2D eigenvalue weighted by Gasteiger charge is 2.15. The highest BCUT2D eigenvalue weighted by Crippen LogP contribution is 2.33. The molecule has 0 spiro atoms. The number of ether oxygens (including phenoxy) is 2. The molecule has 26 heavy (non-hydrogen) atoms. The van der Waals surface area contributed by atoms with Crippen LogP contribution in [0.2, 0.25) is 0 Å². The molecule has 0 saturated carbocycles. The predicted octanol–water partition coefficient (Wildman–Crippen LogP) is 4.36. The van der Waals surface area contributed by atoms with Crippen LogP contribution in [0.25, 0.3) is 10.2 Å². The third kappa shape index (κ3) is 3.57. The molecule has 0 radical (unpaired) electrons. The van der Waals surface area contributed by atoms with Crippen LogP contribution in [0.4, 0.5) is 14.6 Å². The maximum Gasteiger partial charge on any atom is 0.387 e. The molecule has 1 aromatic carbocycles. The van der Waals surface area contributed by atoms with Gasteiger partial charge in [-0.1, -0.05) is 6.07 Å². The van der Waals surface area contributed by atoms with Gasteiger partial charge < -0.3 is 9.47 Å². The maximum absolute atomic E-state index is 12.7. The lowest BCUT2D eigenvalue weighted by molar-refractivity contribution is -0.0513. The zero-order valence-electron chi connectivity index (χ0n) is 14.3. The number of benzene rings is 1. The standard InChI is InChI=1S/C17H16F2N4O2S/c1-9-10(2)26-16-13(9)15(20-8-21-16)23-22-7-11-5-4-6-12(24-3)14(11)25-17(18)19/h4-8,17H,1-3H3,(H,20,21,23)/b22-7-. The van der Waals surface area contributed by atoms with Crippen molar-refractivity contribution >= 4 is 33.6 Å². The Bertz CT molecular complexity index is 959. The highest BCUT2D eigenvalue weighted by atomic mass is 32.1. The smallest absolute Gasteiger partial charge is 0.387 e. The van der Waals surface area contributed by atoms with Crippen LogP contribution in [-0.4, -0.2) is 29.9 Å². The predicted molar refractivity (Wildman–Crippen MR) is 97.7 cm³/mol. The number of aryl methyl sites for hydroxylation is 2. The van der Waals surface area contributed by atoms with Gasteiger partial charge in [0, 0.05) is 10.4 Å². The van der Waals surface area contributed by atoms with Gasteiger partial charge in [-0.25, -0.2) is 9.97 Å². The Morgan fingerprint density at radius 2 is 2.08 bits per heavy atom. The molecule has 1 N–H and O–H groups in total. The number of hydrazone groups is 1. The Balaban J connectivity index is 1.90. The van der Waals surface area contributed by atoms with Gasteiger partial charge in [-0.3, -0.25) is 5.43 Å². The fourth-order valence-corrected chi connectivity index (χ4v) is 3.44. The van der Waals surface area contributed by atoms with Crippen molar-refractivity contribution in [2.24, 2.45) is 5.10 Å². The van der Waals surface area contributed by atoms with Crippen LogP contribution in [0.15, 0.2) is 29.6 Å². The van der Waals surface area contributed by atoms with E-state index in [2.05, 4.69) is 25.2 Å². The van der Waals surface area contributed by atoms with Crippen LogP contribution < -0.4 is 14.9 Å². The number of halogens is 2. The third-order valence-corrected chi connectivity index (χ3v) is 4.89. The van der Waals surface area contributed by atoms with Crippen molar-refractivity contribution in [3.63, 3.8) is 0 Å². The van der Waals surface area contributed by atoms with E-state index in [0.29, 0.717) is 11.4 Å². The van der Waals surface area contributed by atoms with E-state index in [9.17, 15) is 8.78 Å². The molecule has 0 aliphatic carbocycles. The van der Waals surface area contributed by atoms with Gasteiger partial charge in [-0.2, -0.15) is 13.9 Å². The Hall–Kier alpha value is -2.81. The van der Waals surface area contributed by atoms with Gasteiger partial charge in [-0.15, -0.1) is 11.3 Å². The first-order chi connectivity index (χ1) is 12.5. The van der Waals surface area contributed by atoms with Crippen molar-refractivity contribution < 1.29 is 18.3 Å². The first kappa shape index (κ1) is 18.0. The van der Waals surface area contributed by atoms with Crippen molar-refractivity contribution in [1.82, 2.24) is 9.97 Å². The summed E-state index contributed by atoms with van der Waals surface area (Å²) in [6.07, 6.45) is 2.83. The van der Waals surface area contributed by atoms with E-state index in [1.165, 1.54) is 25.7 Å². The van der Waals surface area contributed by atoms with Gasteiger partial charge in [0.1, 0.15) is 11.2 Å². The molecule has 0 atom stereocenters. The van der Waals surface area contributed by atoms with Crippen molar-refractivity contribution in [3.8, 4) is 11.5 Å². The van der Waals surface area contributed by atoms with Crippen LogP contribution in [0.5, 0.6) is 11.5 Å². The lowest BCUT2D eigenvalue weighted by atomic mass is 10.2. The first-order valence-electron chi connectivity index (χ1n) is 7.62. The van der Waals surface area contributed by atoms with E-state index in [-0.39, 0.29) is 11.5 Å². The molecule has 136 valence electrons. The molecule has 0 saturated heterocycles. The number of para-hydroxylation sites is 1. The van der Waals surface area contributed by atoms with Crippen molar-refractivity contribution in [1.29, 1.82) is 0 Å². The van der Waals surface area contributed by atoms with E-state index in [4.69, 9.17) is 4.74 Å². The molecule has 9 heteroatoms. The molecule has 0 fully saturated rings. The van der Waals surface area contributed by atoms with Crippen LogP contribution in [-0.2, 0) is 0 Å². The molecule has 0 unspecified atom stereocenters. The number of anilines is 1. The van der Waals surface area contributed by atoms with Crippen LogP contribution in [0.3, 0.4) is 0 Å². The molecule has 6 nitrogen and oxygen atoms in total. The average Bonchev–Trinajstić information content (AvgIpc) is 2.91. The van der Waals surface area contributed by atoms with E-state index in [1.54, 1.807) is 23.5 Å². The van der Waals surface area contributed by atoms with E-state index in [0.717, 1.165) is 20.7 Å². The molecule has 2 heterocycles. The summed E-state index contributed by atoms with van der Waals surface area (Å²) in [4.78, 5) is 10.5. The SMILES string of the molecule is COc1cccc(/C=N\Nc2ncnc3sc(C)c(C)c23)c1OC(F)F. The topological polar surface area (TPSA) is 68.6 Å².